The summed E-state index contributed by atoms with van der Waals surface area (Å²) in [5.41, 5.74) is 2.11. The van der Waals surface area contributed by atoms with Crippen LogP contribution in [0.2, 0.25) is 10.0 Å². The van der Waals surface area contributed by atoms with Crippen molar-refractivity contribution < 1.29 is 9.32 Å². The van der Waals surface area contributed by atoms with Gasteiger partial charge >= 0.3 is 0 Å². The minimum absolute atomic E-state index is 0.108. The Morgan fingerprint density at radius 1 is 1.17 bits per heavy atom. The molecule has 7 heteroatoms. The third-order valence-electron chi connectivity index (χ3n) is 3.42. The van der Waals surface area contributed by atoms with Crippen molar-refractivity contribution in [1.29, 1.82) is 0 Å². The van der Waals surface area contributed by atoms with Crippen molar-refractivity contribution in [3.63, 3.8) is 0 Å². The molecule has 0 fully saturated rings. The van der Waals surface area contributed by atoms with Crippen LogP contribution in [-0.4, -0.2) is 16.0 Å². The van der Waals surface area contributed by atoms with E-state index in [1.165, 1.54) is 0 Å². The van der Waals surface area contributed by atoms with E-state index in [2.05, 4.69) is 15.5 Å². The molecule has 1 aromatic heterocycles. The maximum atomic E-state index is 12.1. The van der Waals surface area contributed by atoms with Gasteiger partial charge in [-0.25, -0.2) is 0 Å². The molecular formula is C17H13Cl2N3O2. The van der Waals surface area contributed by atoms with Gasteiger partial charge in [-0.2, -0.15) is 4.98 Å². The van der Waals surface area contributed by atoms with Crippen LogP contribution in [0.3, 0.4) is 0 Å². The minimum Gasteiger partial charge on any atom is -0.343 e. The summed E-state index contributed by atoms with van der Waals surface area (Å²) in [6, 6.07) is 12.3. The van der Waals surface area contributed by atoms with E-state index in [0.29, 0.717) is 27.3 Å². The maximum Gasteiger partial charge on any atom is 0.253 e. The van der Waals surface area contributed by atoms with Crippen LogP contribution >= 0.6 is 23.2 Å². The van der Waals surface area contributed by atoms with Crippen LogP contribution in [0.15, 0.2) is 47.0 Å². The second-order valence-electron chi connectivity index (χ2n) is 5.14. The average Bonchev–Trinajstić information content (AvgIpc) is 3.04. The van der Waals surface area contributed by atoms with Crippen LogP contribution in [0.25, 0.3) is 11.4 Å². The summed E-state index contributed by atoms with van der Waals surface area (Å²) in [5, 5.41) is 7.61. The Kier molecular flexibility index (Phi) is 4.83. The fraction of sp³-hybridized carbons (Fsp3) is 0.118. The number of aromatic nitrogens is 2. The molecule has 122 valence electrons. The van der Waals surface area contributed by atoms with Gasteiger partial charge in [0.25, 0.3) is 5.91 Å². The highest BCUT2D eigenvalue weighted by Gasteiger charge is 2.13. The summed E-state index contributed by atoms with van der Waals surface area (Å²) in [5.74, 6) is 0.403. The van der Waals surface area contributed by atoms with Crippen molar-refractivity contribution in [3.8, 4) is 11.4 Å². The van der Waals surface area contributed by atoms with Crippen LogP contribution in [0.4, 0.5) is 0 Å². The number of carbonyl (C=O) groups is 1. The molecule has 2 aromatic carbocycles. The predicted molar refractivity (Wildman–Crippen MR) is 92.1 cm³/mol. The number of hydrogen-bond donors (Lipinski definition) is 1. The van der Waals surface area contributed by atoms with Gasteiger partial charge in [0.05, 0.1) is 17.1 Å². The molecule has 3 aromatic rings. The van der Waals surface area contributed by atoms with Gasteiger partial charge in [-0.3, -0.25) is 4.79 Å². The molecule has 0 aliphatic carbocycles. The first-order valence-electron chi connectivity index (χ1n) is 7.16. The molecule has 0 aliphatic rings. The summed E-state index contributed by atoms with van der Waals surface area (Å²) < 4.78 is 5.15. The Labute approximate surface area is 148 Å². The van der Waals surface area contributed by atoms with Crippen LogP contribution in [0, 0.1) is 6.92 Å². The molecule has 0 spiro atoms. The molecule has 0 saturated carbocycles. The number of nitrogens with one attached hydrogen (secondary N) is 1. The fourth-order valence-electron chi connectivity index (χ4n) is 2.07. The first kappa shape index (κ1) is 16.5. The molecule has 0 saturated heterocycles. The highest BCUT2D eigenvalue weighted by molar-refractivity contribution is 6.33. The Morgan fingerprint density at radius 2 is 1.96 bits per heavy atom. The number of rotatable bonds is 4. The van der Waals surface area contributed by atoms with Crippen molar-refractivity contribution in [1.82, 2.24) is 15.5 Å². The molecular weight excluding hydrogens is 349 g/mol. The third kappa shape index (κ3) is 3.58. The topological polar surface area (TPSA) is 68.0 Å². The molecule has 1 N–H and O–H groups in total. The fourth-order valence-corrected chi connectivity index (χ4v) is 2.47. The first-order chi connectivity index (χ1) is 11.5. The number of benzene rings is 2. The lowest BCUT2D eigenvalue weighted by Gasteiger charge is -2.03. The molecule has 1 amide bonds. The van der Waals surface area contributed by atoms with Gasteiger partial charge in [0.2, 0.25) is 11.7 Å². The minimum atomic E-state index is -0.307. The van der Waals surface area contributed by atoms with Gasteiger partial charge in [-0.1, -0.05) is 52.6 Å². The standard InChI is InChI=1S/C17H13Cl2N3O2/c1-10-6-7-11(8-14(10)19)16-21-15(24-22-16)9-20-17(23)12-4-2-3-5-13(12)18/h2-8H,9H2,1H3,(H,20,23). The van der Waals surface area contributed by atoms with E-state index in [9.17, 15) is 4.79 Å². The molecule has 0 atom stereocenters. The number of nitrogens with zero attached hydrogens (tertiary/aromatic N) is 2. The van der Waals surface area contributed by atoms with Crippen molar-refractivity contribution in [2.75, 3.05) is 0 Å². The molecule has 0 unspecified atom stereocenters. The largest absolute Gasteiger partial charge is 0.343 e. The van der Waals surface area contributed by atoms with E-state index in [-0.39, 0.29) is 12.5 Å². The molecule has 0 aliphatic heterocycles. The van der Waals surface area contributed by atoms with Gasteiger partial charge < -0.3 is 9.84 Å². The highest BCUT2D eigenvalue weighted by Crippen LogP contribution is 2.23. The average molecular weight is 362 g/mol. The number of amides is 1. The van der Waals surface area contributed by atoms with Gasteiger partial charge in [0.1, 0.15) is 0 Å². The number of aryl methyl sites for hydroxylation is 1. The predicted octanol–water partition coefficient (Wildman–Crippen LogP) is 4.28. The monoisotopic (exact) mass is 361 g/mol. The Balaban J connectivity index is 1.69. The van der Waals surface area contributed by atoms with Crippen molar-refractivity contribution in [3.05, 3.63) is 69.5 Å². The molecule has 24 heavy (non-hydrogen) atoms. The molecule has 3 rings (SSSR count). The highest BCUT2D eigenvalue weighted by atomic mass is 35.5. The Bertz CT molecular complexity index is 893. The normalized spacial score (nSPS) is 10.6. The smallest absolute Gasteiger partial charge is 0.253 e. The van der Waals surface area contributed by atoms with Crippen LogP contribution in [0.1, 0.15) is 21.8 Å². The van der Waals surface area contributed by atoms with Gasteiger partial charge in [-0.05, 0) is 30.7 Å². The van der Waals surface area contributed by atoms with E-state index in [1.807, 2.05) is 19.1 Å². The molecule has 0 bridgehead atoms. The van der Waals surface area contributed by atoms with Crippen molar-refractivity contribution >= 4 is 29.1 Å². The van der Waals surface area contributed by atoms with Crippen LogP contribution < -0.4 is 5.32 Å². The van der Waals surface area contributed by atoms with Gasteiger partial charge in [-0.15, -0.1) is 0 Å². The summed E-state index contributed by atoms with van der Waals surface area (Å²) >= 11 is 12.1. The second kappa shape index (κ2) is 7.03. The first-order valence-corrected chi connectivity index (χ1v) is 7.92. The summed E-state index contributed by atoms with van der Waals surface area (Å²) in [6.07, 6.45) is 0. The summed E-state index contributed by atoms with van der Waals surface area (Å²) in [4.78, 5) is 16.4. The molecule has 1 heterocycles. The number of carbonyl (C=O) groups excluding carboxylic acids is 1. The van der Waals surface area contributed by atoms with Crippen LogP contribution in [-0.2, 0) is 6.54 Å². The van der Waals surface area contributed by atoms with Gasteiger partial charge in [0.15, 0.2) is 0 Å². The molecule has 5 nitrogen and oxygen atoms in total. The lowest BCUT2D eigenvalue weighted by atomic mass is 10.1. The lowest BCUT2D eigenvalue weighted by Crippen LogP contribution is -2.23. The zero-order valence-electron chi connectivity index (χ0n) is 12.7. The zero-order chi connectivity index (χ0) is 17.1. The van der Waals surface area contributed by atoms with E-state index in [1.54, 1.807) is 30.3 Å². The number of hydrogen-bond acceptors (Lipinski definition) is 4. The molecule has 0 radical (unpaired) electrons. The zero-order valence-corrected chi connectivity index (χ0v) is 14.2. The number of halogens is 2. The van der Waals surface area contributed by atoms with Gasteiger partial charge in [0, 0.05) is 10.6 Å². The SMILES string of the molecule is Cc1ccc(-c2noc(CNC(=O)c3ccccc3Cl)n2)cc1Cl. The second-order valence-corrected chi connectivity index (χ2v) is 5.95. The van der Waals surface area contributed by atoms with E-state index in [0.717, 1.165) is 11.1 Å². The van der Waals surface area contributed by atoms with Crippen molar-refractivity contribution in [2.24, 2.45) is 0 Å². The Hall–Kier alpha value is -2.37. The lowest BCUT2D eigenvalue weighted by molar-refractivity contribution is 0.0946. The van der Waals surface area contributed by atoms with Crippen LogP contribution in [0.5, 0.6) is 0 Å². The van der Waals surface area contributed by atoms with E-state index >= 15 is 0 Å². The van der Waals surface area contributed by atoms with E-state index < -0.39 is 0 Å². The Morgan fingerprint density at radius 3 is 2.71 bits per heavy atom. The summed E-state index contributed by atoms with van der Waals surface area (Å²) in [7, 11) is 0. The van der Waals surface area contributed by atoms with E-state index in [4.69, 9.17) is 27.7 Å². The van der Waals surface area contributed by atoms with Crippen molar-refractivity contribution in [2.45, 2.75) is 13.5 Å². The maximum absolute atomic E-state index is 12.1. The summed E-state index contributed by atoms with van der Waals surface area (Å²) in [6.45, 7) is 2.02. The quantitative estimate of drug-likeness (QED) is 0.752. The third-order valence-corrected chi connectivity index (χ3v) is 4.15.